The predicted octanol–water partition coefficient (Wildman–Crippen LogP) is 3.36. The minimum atomic E-state index is -0.520. The highest BCUT2D eigenvalue weighted by atomic mass is 35.5. The molecule has 0 N–H and O–H groups in total. The maximum atomic E-state index is 14.1. The van der Waals surface area contributed by atoms with Gasteiger partial charge < -0.3 is 0 Å². The zero-order valence-electron chi connectivity index (χ0n) is 14.8. The molecule has 4 aromatic rings. The van der Waals surface area contributed by atoms with Gasteiger partial charge in [0, 0.05) is 23.2 Å². The largest absolute Gasteiger partial charge is 0.277 e. The average molecular weight is 413 g/mol. The van der Waals surface area contributed by atoms with E-state index >= 15 is 0 Å². The summed E-state index contributed by atoms with van der Waals surface area (Å²) in [5, 5.41) is 0.209. The quantitative estimate of drug-likeness (QED) is 0.518. The van der Waals surface area contributed by atoms with Gasteiger partial charge in [0.2, 0.25) is 4.96 Å². The average Bonchev–Trinajstić information content (AvgIpc) is 2.98. The molecule has 0 spiro atoms. The molecular formula is C21H14ClFN2O2S. The van der Waals surface area contributed by atoms with Crippen LogP contribution in [0.3, 0.4) is 0 Å². The fraction of sp³-hybridized carbons (Fsp3) is 0.0952. The van der Waals surface area contributed by atoms with Crippen molar-refractivity contribution < 1.29 is 4.39 Å². The maximum Gasteiger partial charge on any atom is 0.277 e. The SMILES string of the molecule is Cc1c(Cc2ccccc2)c(=O)nc2sc(=Cc3c(F)cccc3Cl)c(=O)n12. The number of benzene rings is 2. The van der Waals surface area contributed by atoms with Crippen molar-refractivity contribution in [2.24, 2.45) is 0 Å². The molecular weight excluding hydrogens is 399 g/mol. The first-order valence-corrected chi connectivity index (χ1v) is 9.70. The van der Waals surface area contributed by atoms with Crippen LogP contribution < -0.4 is 15.7 Å². The van der Waals surface area contributed by atoms with Crippen LogP contribution >= 0.6 is 22.9 Å². The van der Waals surface area contributed by atoms with Crippen LogP contribution in [0.4, 0.5) is 4.39 Å². The summed E-state index contributed by atoms with van der Waals surface area (Å²) in [4.78, 5) is 29.8. The van der Waals surface area contributed by atoms with Crippen LogP contribution in [0.15, 0.2) is 58.1 Å². The number of hydrogen-bond donors (Lipinski definition) is 0. The van der Waals surface area contributed by atoms with Gasteiger partial charge >= 0.3 is 0 Å². The molecule has 0 atom stereocenters. The zero-order valence-corrected chi connectivity index (χ0v) is 16.4. The number of fused-ring (bicyclic) bond motifs is 1. The Morgan fingerprint density at radius 1 is 1.14 bits per heavy atom. The molecule has 2 aromatic heterocycles. The number of rotatable bonds is 3. The zero-order chi connectivity index (χ0) is 19.8. The van der Waals surface area contributed by atoms with Crippen LogP contribution in [0.5, 0.6) is 0 Å². The molecule has 0 aliphatic carbocycles. The summed E-state index contributed by atoms with van der Waals surface area (Å²) in [6.07, 6.45) is 1.79. The van der Waals surface area contributed by atoms with Gasteiger partial charge in [-0.25, -0.2) is 4.39 Å². The monoisotopic (exact) mass is 412 g/mol. The van der Waals surface area contributed by atoms with E-state index in [0.29, 0.717) is 17.7 Å². The van der Waals surface area contributed by atoms with Crippen molar-refractivity contribution in [2.45, 2.75) is 13.3 Å². The highest BCUT2D eigenvalue weighted by molar-refractivity contribution is 7.15. The molecule has 0 saturated heterocycles. The van der Waals surface area contributed by atoms with E-state index in [1.54, 1.807) is 13.0 Å². The van der Waals surface area contributed by atoms with Gasteiger partial charge in [0.25, 0.3) is 11.1 Å². The summed E-state index contributed by atoms with van der Waals surface area (Å²) in [7, 11) is 0. The number of nitrogens with zero attached hydrogens (tertiary/aromatic N) is 2. The fourth-order valence-electron chi connectivity index (χ4n) is 3.07. The van der Waals surface area contributed by atoms with E-state index in [1.807, 2.05) is 30.3 Å². The summed E-state index contributed by atoms with van der Waals surface area (Å²) in [5.41, 5.74) is 1.39. The van der Waals surface area contributed by atoms with Crippen molar-refractivity contribution in [3.8, 4) is 0 Å². The molecule has 0 fully saturated rings. The van der Waals surface area contributed by atoms with Crippen molar-refractivity contribution in [1.82, 2.24) is 9.38 Å². The number of hydrogen-bond acceptors (Lipinski definition) is 4. The lowest BCUT2D eigenvalue weighted by molar-refractivity contribution is 0.625. The number of aromatic nitrogens is 2. The molecule has 0 aliphatic heterocycles. The topological polar surface area (TPSA) is 51.4 Å². The van der Waals surface area contributed by atoms with Crippen LogP contribution in [0.2, 0.25) is 5.02 Å². The minimum absolute atomic E-state index is 0.137. The Kier molecular flexibility index (Phi) is 4.83. The fourth-order valence-corrected chi connectivity index (χ4v) is 4.28. The molecule has 0 radical (unpaired) electrons. The predicted molar refractivity (Wildman–Crippen MR) is 110 cm³/mol. The normalized spacial score (nSPS) is 12.0. The first-order chi connectivity index (χ1) is 13.5. The van der Waals surface area contributed by atoms with E-state index in [0.717, 1.165) is 16.9 Å². The van der Waals surface area contributed by atoms with Gasteiger partial charge in [-0.15, -0.1) is 0 Å². The second-order valence-electron chi connectivity index (χ2n) is 6.31. The Morgan fingerprint density at radius 2 is 1.89 bits per heavy atom. The smallest absolute Gasteiger partial charge is 0.267 e. The van der Waals surface area contributed by atoms with Gasteiger partial charge in [-0.05, 0) is 30.7 Å². The first kappa shape index (κ1) is 18.5. The molecule has 7 heteroatoms. The van der Waals surface area contributed by atoms with Gasteiger partial charge in [0.15, 0.2) is 0 Å². The standard InChI is InChI=1S/C21H14ClFN2O2S/c1-12-14(10-13-6-3-2-4-7-13)19(26)24-21-25(12)20(27)18(28-21)11-15-16(22)8-5-9-17(15)23/h2-9,11H,10H2,1H3. The number of halogens is 2. The summed E-state index contributed by atoms with van der Waals surface area (Å²) in [5.74, 6) is -0.520. The van der Waals surface area contributed by atoms with Gasteiger partial charge in [-0.2, -0.15) is 4.98 Å². The summed E-state index contributed by atoms with van der Waals surface area (Å²) < 4.78 is 15.8. The minimum Gasteiger partial charge on any atom is -0.267 e. The molecule has 0 saturated carbocycles. The van der Waals surface area contributed by atoms with Crippen molar-refractivity contribution in [2.75, 3.05) is 0 Å². The lowest BCUT2D eigenvalue weighted by Gasteiger charge is -2.06. The molecule has 28 heavy (non-hydrogen) atoms. The summed E-state index contributed by atoms with van der Waals surface area (Å²) in [6.45, 7) is 1.72. The first-order valence-electron chi connectivity index (χ1n) is 8.50. The molecule has 0 amide bonds. The summed E-state index contributed by atoms with van der Waals surface area (Å²) >= 11 is 7.10. The van der Waals surface area contributed by atoms with Gasteiger partial charge in [-0.1, -0.05) is 59.3 Å². The van der Waals surface area contributed by atoms with Crippen LogP contribution in [0, 0.1) is 12.7 Å². The van der Waals surface area contributed by atoms with Gasteiger partial charge in [-0.3, -0.25) is 14.0 Å². The van der Waals surface area contributed by atoms with Crippen molar-refractivity contribution in [3.63, 3.8) is 0 Å². The highest BCUT2D eigenvalue weighted by Gasteiger charge is 2.15. The number of thiazole rings is 1. The number of aryl methyl sites for hydroxylation is 1. The summed E-state index contributed by atoms with van der Waals surface area (Å²) in [6, 6.07) is 13.8. The molecule has 140 valence electrons. The van der Waals surface area contributed by atoms with E-state index in [1.165, 1.54) is 22.6 Å². The van der Waals surface area contributed by atoms with Crippen LogP contribution in [0.25, 0.3) is 11.0 Å². The van der Waals surface area contributed by atoms with Crippen LogP contribution in [0.1, 0.15) is 22.4 Å². The Bertz CT molecular complexity index is 1340. The molecule has 2 heterocycles. The molecule has 0 bridgehead atoms. The Hall–Kier alpha value is -2.83. The van der Waals surface area contributed by atoms with Crippen LogP contribution in [-0.4, -0.2) is 9.38 Å². The van der Waals surface area contributed by atoms with E-state index in [2.05, 4.69) is 4.98 Å². The van der Waals surface area contributed by atoms with Crippen molar-refractivity contribution in [1.29, 1.82) is 0 Å². The third-order valence-corrected chi connectivity index (χ3v) is 5.83. The van der Waals surface area contributed by atoms with E-state index < -0.39 is 5.82 Å². The third-order valence-electron chi connectivity index (χ3n) is 4.53. The second-order valence-corrected chi connectivity index (χ2v) is 7.73. The second kappa shape index (κ2) is 7.30. The van der Waals surface area contributed by atoms with Crippen molar-refractivity contribution in [3.05, 3.63) is 107 Å². The van der Waals surface area contributed by atoms with E-state index in [-0.39, 0.29) is 31.2 Å². The van der Waals surface area contributed by atoms with Gasteiger partial charge in [0.05, 0.1) is 9.55 Å². The molecule has 4 rings (SSSR count). The van der Waals surface area contributed by atoms with E-state index in [9.17, 15) is 14.0 Å². The lowest BCUT2D eigenvalue weighted by atomic mass is 10.1. The van der Waals surface area contributed by atoms with Crippen molar-refractivity contribution >= 4 is 34.0 Å². The molecule has 0 unspecified atom stereocenters. The third kappa shape index (κ3) is 3.25. The lowest BCUT2D eigenvalue weighted by Crippen LogP contribution is -2.27. The maximum absolute atomic E-state index is 14.1. The Morgan fingerprint density at radius 3 is 2.61 bits per heavy atom. The molecule has 4 nitrogen and oxygen atoms in total. The van der Waals surface area contributed by atoms with Crippen LogP contribution in [-0.2, 0) is 6.42 Å². The Labute approximate surface area is 168 Å². The van der Waals surface area contributed by atoms with Gasteiger partial charge in [0.1, 0.15) is 5.82 Å². The molecule has 2 aromatic carbocycles. The van der Waals surface area contributed by atoms with E-state index in [4.69, 9.17) is 11.6 Å². The highest BCUT2D eigenvalue weighted by Crippen LogP contribution is 2.19. The molecule has 0 aliphatic rings. The Balaban J connectivity index is 1.93.